The number of ether oxygens (including phenoxy) is 1. The lowest BCUT2D eigenvalue weighted by molar-refractivity contribution is -0.129. The Hall–Kier alpha value is -2.87. The number of amides is 2. The van der Waals surface area contributed by atoms with Crippen molar-refractivity contribution in [2.75, 3.05) is 16.8 Å². The zero-order valence-electron chi connectivity index (χ0n) is 16.2. The van der Waals surface area contributed by atoms with Crippen LogP contribution in [0, 0.1) is 6.92 Å². The first-order valence-corrected chi connectivity index (χ1v) is 9.83. The normalized spacial score (nSPS) is 17.2. The van der Waals surface area contributed by atoms with Crippen LogP contribution in [0.3, 0.4) is 0 Å². The zero-order chi connectivity index (χ0) is 20.8. The fraction of sp³-hybridized carbons (Fsp3) is 0.400. The fourth-order valence-electron chi connectivity index (χ4n) is 4.25. The largest absolute Gasteiger partial charge is 0.452 e. The molecule has 2 aromatic rings. The van der Waals surface area contributed by atoms with Crippen molar-refractivity contribution in [3.8, 4) is 0 Å². The number of carbonyl (C=O) groups is 3. The summed E-state index contributed by atoms with van der Waals surface area (Å²) in [7, 11) is 1.62. The standard InChI is InChI=1S/C20H21ClN4O4/c1-12-16(17(21)24(2)23-12)18(27)29-11-15(26)25-14-8-4-3-7-13(14)22-19(28)20(25)9-5-6-10-20/h3-4,7-8H,5-6,9-11H2,1-2H3,(H,22,28). The van der Waals surface area contributed by atoms with E-state index in [0.29, 0.717) is 29.9 Å². The first-order chi connectivity index (χ1) is 13.8. The summed E-state index contributed by atoms with van der Waals surface area (Å²) >= 11 is 6.11. The van der Waals surface area contributed by atoms with E-state index < -0.39 is 24.0 Å². The maximum atomic E-state index is 13.2. The summed E-state index contributed by atoms with van der Waals surface area (Å²) in [6.07, 6.45) is 2.84. The molecule has 1 saturated carbocycles. The minimum Gasteiger partial charge on any atom is -0.452 e. The summed E-state index contributed by atoms with van der Waals surface area (Å²) in [5.41, 5.74) is 0.797. The zero-order valence-corrected chi connectivity index (χ0v) is 17.0. The molecule has 1 aliphatic heterocycles. The molecule has 2 amide bonds. The average molecular weight is 417 g/mol. The van der Waals surface area contributed by atoms with Crippen molar-refractivity contribution in [1.82, 2.24) is 9.78 Å². The second-order valence-corrected chi connectivity index (χ2v) is 7.75. The molecule has 29 heavy (non-hydrogen) atoms. The number of anilines is 2. The van der Waals surface area contributed by atoms with Gasteiger partial charge in [0.05, 0.1) is 17.1 Å². The Bertz CT molecular complexity index is 1010. The summed E-state index contributed by atoms with van der Waals surface area (Å²) in [4.78, 5) is 40.1. The molecule has 4 rings (SSSR count). The van der Waals surface area contributed by atoms with Gasteiger partial charge in [-0.15, -0.1) is 0 Å². The molecule has 0 saturated heterocycles. The van der Waals surface area contributed by atoms with E-state index in [2.05, 4.69) is 10.4 Å². The van der Waals surface area contributed by atoms with Crippen molar-refractivity contribution in [1.29, 1.82) is 0 Å². The Labute approximate surface area is 172 Å². The molecule has 1 aliphatic carbocycles. The summed E-state index contributed by atoms with van der Waals surface area (Å²) in [5, 5.41) is 7.15. The van der Waals surface area contributed by atoms with Crippen LogP contribution in [0.15, 0.2) is 24.3 Å². The number of nitrogens with zero attached hydrogens (tertiary/aromatic N) is 3. The molecule has 1 spiro atoms. The number of para-hydroxylation sites is 2. The lowest BCUT2D eigenvalue weighted by atomic mass is 9.90. The number of benzene rings is 1. The highest BCUT2D eigenvalue weighted by molar-refractivity contribution is 6.32. The van der Waals surface area contributed by atoms with Crippen molar-refractivity contribution >= 4 is 40.8 Å². The second kappa shape index (κ2) is 7.18. The number of hydrogen-bond donors (Lipinski definition) is 1. The van der Waals surface area contributed by atoms with Crippen LogP contribution < -0.4 is 10.2 Å². The van der Waals surface area contributed by atoms with Crippen LogP contribution in [-0.4, -0.2) is 39.7 Å². The van der Waals surface area contributed by atoms with Crippen LogP contribution >= 0.6 is 11.6 Å². The van der Waals surface area contributed by atoms with Crippen LogP contribution in [0.1, 0.15) is 41.7 Å². The molecule has 1 fully saturated rings. The van der Waals surface area contributed by atoms with Crippen LogP contribution in [0.5, 0.6) is 0 Å². The molecule has 0 radical (unpaired) electrons. The van der Waals surface area contributed by atoms with E-state index in [-0.39, 0.29) is 16.6 Å². The number of aromatic nitrogens is 2. The molecule has 1 aromatic heterocycles. The monoisotopic (exact) mass is 416 g/mol. The number of fused-ring (bicyclic) bond motifs is 1. The third kappa shape index (κ3) is 3.07. The molecular weight excluding hydrogens is 396 g/mol. The fourth-order valence-corrected chi connectivity index (χ4v) is 4.51. The number of aryl methyl sites for hydroxylation is 2. The molecule has 2 aliphatic rings. The van der Waals surface area contributed by atoms with Gasteiger partial charge in [-0.25, -0.2) is 4.79 Å². The maximum Gasteiger partial charge on any atom is 0.343 e. The lowest BCUT2D eigenvalue weighted by Crippen LogP contribution is -2.61. The lowest BCUT2D eigenvalue weighted by Gasteiger charge is -2.44. The number of rotatable bonds is 3. The van der Waals surface area contributed by atoms with E-state index >= 15 is 0 Å². The van der Waals surface area contributed by atoms with Crippen LogP contribution in [0.2, 0.25) is 5.15 Å². The molecular formula is C20H21ClN4O4. The topological polar surface area (TPSA) is 93.5 Å². The Morgan fingerprint density at radius 1 is 1.28 bits per heavy atom. The van der Waals surface area contributed by atoms with Crippen molar-refractivity contribution in [2.24, 2.45) is 7.05 Å². The van der Waals surface area contributed by atoms with Crippen LogP contribution in [0.25, 0.3) is 0 Å². The molecule has 2 heterocycles. The average Bonchev–Trinajstić information content (AvgIpc) is 3.26. The Morgan fingerprint density at radius 2 is 1.97 bits per heavy atom. The number of nitrogens with one attached hydrogen (secondary N) is 1. The van der Waals surface area contributed by atoms with Gasteiger partial charge in [0, 0.05) is 7.05 Å². The van der Waals surface area contributed by atoms with Crippen molar-refractivity contribution in [3.63, 3.8) is 0 Å². The van der Waals surface area contributed by atoms with Gasteiger partial charge < -0.3 is 10.1 Å². The van der Waals surface area contributed by atoms with Gasteiger partial charge in [-0.2, -0.15) is 5.10 Å². The molecule has 1 N–H and O–H groups in total. The van der Waals surface area contributed by atoms with Gasteiger partial charge in [-0.3, -0.25) is 19.2 Å². The predicted octanol–water partition coefficient (Wildman–Crippen LogP) is 2.84. The van der Waals surface area contributed by atoms with Gasteiger partial charge in [-0.1, -0.05) is 36.6 Å². The quantitative estimate of drug-likeness (QED) is 0.776. The summed E-state index contributed by atoms with van der Waals surface area (Å²) < 4.78 is 6.64. The van der Waals surface area contributed by atoms with E-state index in [1.165, 1.54) is 9.58 Å². The highest BCUT2D eigenvalue weighted by Gasteiger charge is 2.52. The van der Waals surface area contributed by atoms with Crippen LogP contribution in [0.4, 0.5) is 11.4 Å². The molecule has 0 atom stereocenters. The van der Waals surface area contributed by atoms with Gasteiger partial charge in [-0.05, 0) is 31.9 Å². The number of halogens is 1. The van der Waals surface area contributed by atoms with Crippen molar-refractivity contribution in [3.05, 3.63) is 40.7 Å². The Kier molecular flexibility index (Phi) is 4.82. The van der Waals surface area contributed by atoms with E-state index in [9.17, 15) is 14.4 Å². The molecule has 152 valence electrons. The van der Waals surface area contributed by atoms with Gasteiger partial charge in [0.2, 0.25) is 0 Å². The van der Waals surface area contributed by atoms with E-state index in [1.54, 1.807) is 32.2 Å². The van der Waals surface area contributed by atoms with Crippen molar-refractivity contribution in [2.45, 2.75) is 38.1 Å². The molecule has 0 unspecified atom stereocenters. The number of hydrogen-bond acceptors (Lipinski definition) is 5. The summed E-state index contributed by atoms with van der Waals surface area (Å²) in [6, 6.07) is 7.14. The second-order valence-electron chi connectivity index (χ2n) is 7.39. The van der Waals surface area contributed by atoms with E-state index in [4.69, 9.17) is 16.3 Å². The third-order valence-corrected chi connectivity index (χ3v) is 6.04. The first kappa shape index (κ1) is 19.4. The predicted molar refractivity (Wildman–Crippen MR) is 107 cm³/mol. The highest BCUT2D eigenvalue weighted by Crippen LogP contribution is 2.45. The van der Waals surface area contributed by atoms with Crippen molar-refractivity contribution < 1.29 is 19.1 Å². The molecule has 0 bridgehead atoms. The highest BCUT2D eigenvalue weighted by atomic mass is 35.5. The third-order valence-electron chi connectivity index (χ3n) is 5.61. The smallest absolute Gasteiger partial charge is 0.343 e. The van der Waals surface area contributed by atoms with Gasteiger partial charge >= 0.3 is 5.97 Å². The van der Waals surface area contributed by atoms with Gasteiger partial charge in [0.1, 0.15) is 16.3 Å². The maximum absolute atomic E-state index is 13.2. The van der Waals surface area contributed by atoms with E-state index in [1.807, 2.05) is 6.07 Å². The summed E-state index contributed by atoms with van der Waals surface area (Å²) in [5.74, 6) is -1.36. The molecule has 8 nitrogen and oxygen atoms in total. The number of carbonyl (C=O) groups excluding carboxylic acids is 3. The van der Waals surface area contributed by atoms with Gasteiger partial charge in [0.15, 0.2) is 6.61 Å². The molecule has 1 aromatic carbocycles. The van der Waals surface area contributed by atoms with Crippen LogP contribution in [-0.2, 0) is 21.4 Å². The van der Waals surface area contributed by atoms with Gasteiger partial charge in [0.25, 0.3) is 11.8 Å². The Balaban J connectivity index is 1.61. The van der Waals surface area contributed by atoms with E-state index in [0.717, 1.165) is 12.8 Å². The minimum atomic E-state index is -0.945. The summed E-state index contributed by atoms with van der Waals surface area (Å²) in [6.45, 7) is 1.15. The molecule has 9 heteroatoms. The minimum absolute atomic E-state index is 0.134. The SMILES string of the molecule is Cc1nn(C)c(Cl)c1C(=O)OCC(=O)N1c2ccccc2NC(=O)C12CCCC2. The Morgan fingerprint density at radius 3 is 2.62 bits per heavy atom. The first-order valence-electron chi connectivity index (χ1n) is 9.45. The number of esters is 1.